The van der Waals surface area contributed by atoms with Gasteiger partial charge in [-0.25, -0.2) is 23.7 Å². The van der Waals surface area contributed by atoms with E-state index in [1.54, 1.807) is 66.0 Å². The maximum absolute atomic E-state index is 13.6. The van der Waals surface area contributed by atoms with E-state index in [-0.39, 0.29) is 49.6 Å². The van der Waals surface area contributed by atoms with Gasteiger partial charge in [-0.1, -0.05) is 52.5 Å². The van der Waals surface area contributed by atoms with Crippen LogP contribution in [0, 0.1) is 34.1 Å². The molecule has 6 rings (SSSR count). The lowest BCUT2D eigenvalue weighted by atomic mass is 10.2. The standard InChI is InChI=1S/C20H26ClN4O9P.C10H12N2O4.C5H12ClN.C5H4NO4.C4H10O2.Cl3P.ClH/c1-14-11-24(20(27)22-19(14)26)17-7-5-15(33-17)12-31-35(30,23(2)10-4-3-9-21)32-13-16-6-8-18(34-16)25(28)29;1-6-4-12(10(15)11-9(6)14)8-3-2-7(5-13)16-8;1-7-5-3-2-4-6;7-3-4-1-2-5(10-4)6(8)9;1-4(2,3)6-5;1-4(2)3;/h5-8,11,15,17H,3-4,9-10,12-13H2,1-2H3,(H,22,26,27);2-4,7-8,13H,5H2,1H3,(H,11,14,15);7H,2-5H2,1H3;1-2H,3H2;5H,1-3H3;;1H/q;;;-1;;;. The third-order valence-electron chi connectivity index (χ3n) is 9.57. The highest BCUT2D eigenvalue weighted by Crippen LogP contribution is 2.52. The first-order chi connectivity index (χ1) is 36.7. The number of alkyl halides is 2. The SMILES string of the molecule is CC(C)(C)OO.CNCCCCCl.Cc1cn(C2C=CC(CO)O2)c(=O)[nH]c1=O.Cc1cn(C2C=CC(COP(=O)(OCc3ccc([N+](=O)[O-])o3)N(C)CCCCCl)O2)c(=O)[nH]c1=O.Cl.ClP(Cl)Cl.O=[N+]([O-])c1ccc(C[O-])o1. The van der Waals surface area contributed by atoms with Crippen LogP contribution >= 0.6 is 83.1 Å². The van der Waals surface area contributed by atoms with Crippen LogP contribution in [0.25, 0.3) is 0 Å². The summed E-state index contributed by atoms with van der Waals surface area (Å²) < 4.78 is 49.4. The van der Waals surface area contributed by atoms with Crippen LogP contribution in [-0.2, 0) is 41.2 Å². The topological polar surface area (TPSA) is 364 Å². The average molecular weight is 1280 g/mol. The van der Waals surface area contributed by atoms with Gasteiger partial charge in [-0.2, -0.15) is 0 Å². The van der Waals surface area contributed by atoms with Crippen molar-refractivity contribution in [2.75, 3.05) is 52.2 Å². The van der Waals surface area contributed by atoms with Gasteiger partial charge < -0.3 is 33.8 Å². The zero-order valence-corrected chi connectivity index (χ0v) is 50.2. The molecule has 0 bridgehead atoms. The molecule has 0 spiro atoms. The molecular formula is C44H65Cl6N8O19P2-. The molecule has 0 amide bonds. The number of H-pyrrole nitrogens is 2. The summed E-state index contributed by atoms with van der Waals surface area (Å²) in [7, 11) is -0.350. The number of hydrogen-bond acceptors (Lipinski definition) is 20. The first-order valence-corrected chi connectivity index (χ1v) is 29.8. The molecule has 0 aliphatic carbocycles. The number of rotatable bonds is 21. The Hall–Kier alpha value is -3.80. The van der Waals surface area contributed by atoms with Gasteiger partial charge in [-0.15, -0.1) is 35.6 Å². The van der Waals surface area contributed by atoms with Crippen molar-refractivity contribution in [2.24, 2.45) is 0 Å². The number of hydrogen-bond donors (Lipinski definition) is 5. The Bertz CT molecular complexity index is 2760. The maximum Gasteiger partial charge on any atom is 0.433 e. The number of furan rings is 2. The molecule has 0 saturated carbocycles. The number of unbranched alkanes of at least 4 members (excludes halogenated alkanes) is 2. The van der Waals surface area contributed by atoms with E-state index < -0.39 is 88.8 Å². The van der Waals surface area contributed by atoms with Crippen LogP contribution in [0.1, 0.15) is 81.6 Å². The molecule has 2 aliphatic heterocycles. The first kappa shape index (κ1) is 75.2. The smallest absolute Gasteiger partial charge is 0.433 e. The summed E-state index contributed by atoms with van der Waals surface area (Å²) >= 11 is 25.7. The summed E-state index contributed by atoms with van der Waals surface area (Å²) in [4.78, 5) is 74.1. The highest BCUT2D eigenvalue weighted by Gasteiger charge is 2.34. The quantitative estimate of drug-likeness (QED) is 0.00995. The van der Waals surface area contributed by atoms with Gasteiger partial charge in [0.15, 0.2) is 18.4 Å². The number of nitrogens with one attached hydrogen (secondary N) is 3. The third-order valence-corrected chi connectivity index (χ3v) is 12.1. The molecule has 0 fully saturated rings. The molecule has 35 heteroatoms. The predicted octanol–water partition coefficient (Wildman–Crippen LogP) is 8.28. The van der Waals surface area contributed by atoms with Crippen molar-refractivity contribution in [3.63, 3.8) is 0 Å². The van der Waals surface area contributed by atoms with Crippen molar-refractivity contribution in [3.05, 3.63) is 146 Å². The van der Waals surface area contributed by atoms with Crippen molar-refractivity contribution in [1.82, 2.24) is 29.1 Å². The van der Waals surface area contributed by atoms with Crippen molar-refractivity contribution in [2.45, 2.75) is 104 Å². The lowest BCUT2D eigenvalue weighted by molar-refractivity contribution is -0.408. The fourth-order valence-electron chi connectivity index (χ4n) is 5.63. The number of aromatic nitrogens is 4. The Kier molecular flexibility index (Phi) is 37.7. The molecule has 5 unspecified atom stereocenters. The maximum atomic E-state index is 13.6. The molecule has 5 atom stereocenters. The number of aromatic amines is 2. The van der Waals surface area contributed by atoms with Crippen molar-refractivity contribution in [1.29, 1.82) is 0 Å². The van der Waals surface area contributed by atoms with E-state index in [1.165, 1.54) is 50.8 Å². The molecule has 27 nitrogen and oxygen atoms in total. The van der Waals surface area contributed by atoms with E-state index in [0.717, 1.165) is 24.9 Å². The summed E-state index contributed by atoms with van der Waals surface area (Å²) in [6.07, 6.45) is 10.7. The van der Waals surface area contributed by atoms with Crippen LogP contribution in [0.15, 0.2) is 89.0 Å². The van der Waals surface area contributed by atoms with Crippen molar-refractivity contribution in [3.8, 4) is 0 Å². The van der Waals surface area contributed by atoms with Crippen LogP contribution in [0.5, 0.6) is 0 Å². The third kappa shape index (κ3) is 29.7. The zero-order chi connectivity index (χ0) is 59.2. The van der Waals surface area contributed by atoms with E-state index in [2.05, 4.69) is 24.6 Å². The summed E-state index contributed by atoms with van der Waals surface area (Å²) in [6.45, 7) is 8.75. The lowest BCUT2D eigenvalue weighted by Crippen LogP contribution is -2.33. The molecule has 79 heavy (non-hydrogen) atoms. The fourth-order valence-corrected chi connectivity index (χ4v) is 7.49. The number of nitro groups is 2. The average Bonchev–Trinajstić information content (AvgIpc) is 4.24. The minimum absolute atomic E-state index is 0. The molecule has 5 N–H and O–H groups in total. The van der Waals surface area contributed by atoms with Crippen LogP contribution < -0.4 is 32.9 Å². The second-order valence-electron chi connectivity index (χ2n) is 16.9. The molecule has 6 heterocycles. The van der Waals surface area contributed by atoms with Crippen LogP contribution in [-0.4, -0.2) is 114 Å². The summed E-state index contributed by atoms with van der Waals surface area (Å²) in [6, 6.07) is 4.98. The van der Waals surface area contributed by atoms with E-state index in [4.69, 9.17) is 90.2 Å². The van der Waals surface area contributed by atoms with E-state index in [1.807, 2.05) is 7.05 Å². The van der Waals surface area contributed by atoms with Gasteiger partial charge in [0.25, 0.3) is 11.1 Å². The van der Waals surface area contributed by atoms with Gasteiger partial charge in [0, 0.05) is 41.8 Å². The van der Waals surface area contributed by atoms with Crippen molar-refractivity contribution >= 4 is 94.8 Å². The summed E-state index contributed by atoms with van der Waals surface area (Å²) in [5.41, 5.74) is -1.66. The Morgan fingerprint density at radius 2 is 1.24 bits per heavy atom. The molecule has 2 aliphatic rings. The largest absolute Gasteiger partial charge is 0.849 e. The normalized spacial score (nSPS) is 16.8. The number of halogens is 6. The monoisotopic (exact) mass is 1280 g/mol. The molecule has 0 aromatic carbocycles. The lowest BCUT2D eigenvalue weighted by Gasteiger charge is -2.27. The summed E-state index contributed by atoms with van der Waals surface area (Å²) in [5, 5.41) is 50.6. The predicted molar refractivity (Wildman–Crippen MR) is 300 cm³/mol. The van der Waals surface area contributed by atoms with Crippen LogP contribution in [0.2, 0.25) is 0 Å². The Labute approximate surface area is 485 Å². The van der Waals surface area contributed by atoms with Gasteiger partial charge in [0.1, 0.15) is 34.4 Å². The number of nitrogens with zero attached hydrogens (tertiary/aromatic N) is 5. The number of aliphatic hydroxyl groups excluding tert-OH is 1. The number of aliphatic hydroxyl groups is 1. The van der Waals surface area contributed by atoms with E-state index in [0.29, 0.717) is 36.4 Å². The number of ether oxygens (including phenoxy) is 2. The van der Waals surface area contributed by atoms with Crippen molar-refractivity contribution < 1.29 is 62.1 Å². The molecule has 4 aromatic heterocycles. The van der Waals surface area contributed by atoms with E-state index in [9.17, 15) is 49.1 Å². The van der Waals surface area contributed by atoms with Gasteiger partial charge in [-0.05, 0) is 105 Å². The molecule has 0 saturated heterocycles. The van der Waals surface area contributed by atoms with E-state index >= 15 is 0 Å². The van der Waals surface area contributed by atoms with Gasteiger partial charge >= 0.3 is 30.9 Å². The molecular weight excluding hydrogens is 1220 g/mol. The molecule has 4 aromatic rings. The Balaban J connectivity index is 0.00000113. The summed E-state index contributed by atoms with van der Waals surface area (Å²) in [5.74, 6) is -0.608. The zero-order valence-electron chi connectivity index (χ0n) is 43.8. The minimum Gasteiger partial charge on any atom is -0.849 e. The minimum atomic E-state index is -3.87. The van der Waals surface area contributed by atoms with Gasteiger partial charge in [-0.3, -0.25) is 63.2 Å². The highest BCUT2D eigenvalue weighted by atomic mass is 36.0. The van der Waals surface area contributed by atoms with Crippen LogP contribution in [0.4, 0.5) is 11.8 Å². The Morgan fingerprint density at radius 1 is 0.797 bits per heavy atom. The number of aryl methyl sites for hydroxylation is 2. The fraction of sp³-hybridized carbons (Fsp3) is 0.545. The van der Waals surface area contributed by atoms with Gasteiger partial charge in [0.05, 0.1) is 36.7 Å². The second-order valence-corrected chi connectivity index (χ2v) is 24.8. The molecule has 0 radical (unpaired) electrons. The second kappa shape index (κ2) is 39.6. The van der Waals surface area contributed by atoms with Crippen LogP contribution in [0.3, 0.4) is 0 Å². The van der Waals surface area contributed by atoms with Gasteiger partial charge in [0.2, 0.25) is 0 Å². The first-order valence-electron chi connectivity index (χ1n) is 23.1. The molecule has 448 valence electrons. The Morgan fingerprint density at radius 3 is 1.63 bits per heavy atom. The highest BCUT2D eigenvalue weighted by molar-refractivity contribution is 8.20.